The quantitative estimate of drug-likeness (QED) is 0.137. The van der Waals surface area contributed by atoms with Gasteiger partial charge in [-0.1, -0.05) is 108 Å². The minimum atomic E-state index is -0.188. The maximum atomic E-state index is 13.9. The van der Waals surface area contributed by atoms with Gasteiger partial charge in [-0.3, -0.25) is 9.59 Å². The van der Waals surface area contributed by atoms with Crippen LogP contribution < -0.4 is 9.47 Å². The van der Waals surface area contributed by atoms with Crippen LogP contribution in [0.15, 0.2) is 56.0 Å². The molecule has 6 nitrogen and oxygen atoms in total. The summed E-state index contributed by atoms with van der Waals surface area (Å²) in [5.41, 5.74) is 2.54. The molecule has 43 heavy (non-hydrogen) atoms. The molecular formula is C35H48N2O4S2. The number of unbranched alkanes of at least 4 members (excludes halogenated alkanes) is 2. The summed E-state index contributed by atoms with van der Waals surface area (Å²) in [5, 5.41) is 3.36. The van der Waals surface area contributed by atoms with Crippen molar-refractivity contribution >= 4 is 35.3 Å². The Kier molecular flexibility index (Phi) is 12.3. The predicted molar refractivity (Wildman–Crippen MR) is 178 cm³/mol. The molecule has 2 aromatic carbocycles. The summed E-state index contributed by atoms with van der Waals surface area (Å²) in [6, 6.07) is 12.6. The Hall–Kier alpha value is -2.58. The molecule has 8 heteroatoms. The van der Waals surface area contributed by atoms with Crippen LogP contribution in [0.5, 0.6) is 11.5 Å². The van der Waals surface area contributed by atoms with Gasteiger partial charge >= 0.3 is 0 Å². The van der Waals surface area contributed by atoms with E-state index in [-0.39, 0.29) is 29.6 Å². The van der Waals surface area contributed by atoms with Crippen molar-refractivity contribution in [1.29, 1.82) is 0 Å². The van der Waals surface area contributed by atoms with Crippen LogP contribution in [0.1, 0.15) is 104 Å². The number of ether oxygens (including phenoxy) is 2. The van der Waals surface area contributed by atoms with E-state index in [1.54, 1.807) is 10.0 Å². The molecule has 2 aliphatic heterocycles. The first-order valence-corrected chi connectivity index (χ1v) is 17.8. The monoisotopic (exact) mass is 624 g/mol. The van der Waals surface area contributed by atoms with Gasteiger partial charge in [0.2, 0.25) is 0 Å². The molecule has 234 valence electrons. The van der Waals surface area contributed by atoms with E-state index in [1.165, 1.54) is 29.1 Å². The van der Waals surface area contributed by atoms with Gasteiger partial charge in [0.15, 0.2) is 0 Å². The minimum absolute atomic E-state index is 0.0653. The number of rotatable bonds is 16. The highest BCUT2D eigenvalue weighted by Crippen LogP contribution is 2.61. The Morgan fingerprint density at radius 1 is 0.721 bits per heavy atom. The van der Waals surface area contributed by atoms with Gasteiger partial charge in [0.25, 0.3) is 11.8 Å². The number of thioether (sulfide) groups is 2. The number of carbonyl (C=O) groups is 2. The summed E-state index contributed by atoms with van der Waals surface area (Å²) >= 11 is 3.00. The third-order valence-electron chi connectivity index (χ3n) is 8.10. The average Bonchev–Trinajstić information content (AvgIpc) is 3.55. The van der Waals surface area contributed by atoms with Crippen LogP contribution in [0.2, 0.25) is 0 Å². The van der Waals surface area contributed by atoms with E-state index in [0.717, 1.165) is 82.5 Å². The number of nitrogens with zero attached hydrogens (tertiary/aromatic N) is 2. The maximum Gasteiger partial charge on any atom is 0.279 e. The molecule has 0 saturated carbocycles. The molecule has 2 heterocycles. The molecule has 0 aliphatic carbocycles. The van der Waals surface area contributed by atoms with E-state index in [2.05, 4.69) is 71.9 Å². The molecular weight excluding hydrogens is 577 g/mol. The van der Waals surface area contributed by atoms with Crippen molar-refractivity contribution in [1.82, 2.24) is 10.0 Å². The number of benzene rings is 2. The predicted octanol–water partition coefficient (Wildman–Crippen LogP) is 9.01. The van der Waals surface area contributed by atoms with Gasteiger partial charge in [-0.25, -0.2) is 10.0 Å². The molecule has 0 unspecified atom stereocenters. The Balaban J connectivity index is 1.85. The largest absolute Gasteiger partial charge is 0.489 e. The topological polar surface area (TPSA) is 59.1 Å². The van der Waals surface area contributed by atoms with Crippen molar-refractivity contribution in [2.75, 3.05) is 13.1 Å². The highest BCUT2D eigenvalue weighted by Gasteiger charge is 2.45. The summed E-state index contributed by atoms with van der Waals surface area (Å²) in [5.74, 6) is 1.28. The molecule has 0 aromatic heterocycles. The summed E-state index contributed by atoms with van der Waals surface area (Å²) in [4.78, 5) is 29.6. The molecule has 2 aromatic rings. The second kappa shape index (κ2) is 15.9. The van der Waals surface area contributed by atoms with Crippen molar-refractivity contribution in [3.05, 3.63) is 57.3 Å². The fourth-order valence-electron chi connectivity index (χ4n) is 5.37. The molecule has 1 fully saturated rings. The second-order valence-corrected chi connectivity index (χ2v) is 13.5. The van der Waals surface area contributed by atoms with Crippen molar-refractivity contribution in [2.24, 2.45) is 0 Å². The first kappa shape index (κ1) is 33.3. The van der Waals surface area contributed by atoms with Crippen LogP contribution in [0, 0.1) is 0 Å². The third-order valence-corrected chi connectivity index (χ3v) is 10.7. The normalized spacial score (nSPS) is 15.0. The first-order valence-electron chi connectivity index (χ1n) is 16.2. The molecule has 0 bridgehead atoms. The number of amides is 2. The smallest absolute Gasteiger partial charge is 0.279 e. The van der Waals surface area contributed by atoms with Crippen LogP contribution in [-0.2, 0) is 16.0 Å². The van der Waals surface area contributed by atoms with Crippen molar-refractivity contribution in [3.8, 4) is 11.5 Å². The zero-order valence-electron chi connectivity index (χ0n) is 26.7. The molecule has 2 amide bonds. The van der Waals surface area contributed by atoms with E-state index in [4.69, 9.17) is 9.47 Å². The van der Waals surface area contributed by atoms with Crippen LogP contribution in [-0.4, -0.2) is 47.1 Å². The Morgan fingerprint density at radius 2 is 1.26 bits per heavy atom. The minimum Gasteiger partial charge on any atom is -0.489 e. The van der Waals surface area contributed by atoms with E-state index >= 15 is 0 Å². The average molecular weight is 625 g/mol. The summed E-state index contributed by atoms with van der Waals surface area (Å²) in [6.45, 7) is 13.9. The SMILES string of the molecule is CCCCN1C(=O)C(=C2Sc3c(OC(CC)CC)cc(Cc4ccccc4)c(OC(CC)CC)c3S2)C(=O)N1CCCC. The summed E-state index contributed by atoms with van der Waals surface area (Å²) < 4.78 is 14.2. The Labute approximate surface area is 266 Å². The number of hydrogen-bond donors (Lipinski definition) is 0. The number of hydrazine groups is 1. The second-order valence-electron chi connectivity index (χ2n) is 11.2. The van der Waals surface area contributed by atoms with Gasteiger partial charge < -0.3 is 9.47 Å². The summed E-state index contributed by atoms with van der Waals surface area (Å²) in [7, 11) is 0. The lowest BCUT2D eigenvalue weighted by molar-refractivity contribution is -0.147. The molecule has 0 spiro atoms. The zero-order valence-corrected chi connectivity index (χ0v) is 28.4. The van der Waals surface area contributed by atoms with E-state index in [1.807, 2.05) is 6.07 Å². The van der Waals surface area contributed by atoms with Crippen molar-refractivity contribution in [2.45, 2.75) is 121 Å². The van der Waals surface area contributed by atoms with Crippen LogP contribution in [0.3, 0.4) is 0 Å². The zero-order chi connectivity index (χ0) is 30.9. The lowest BCUT2D eigenvalue weighted by atomic mass is 10.0. The maximum absolute atomic E-state index is 13.9. The first-order chi connectivity index (χ1) is 20.9. The van der Waals surface area contributed by atoms with E-state index in [9.17, 15) is 9.59 Å². The molecule has 2 aliphatic rings. The number of hydrogen-bond acceptors (Lipinski definition) is 6. The van der Waals surface area contributed by atoms with Gasteiger partial charge in [0.1, 0.15) is 17.1 Å². The van der Waals surface area contributed by atoms with Gasteiger partial charge in [0, 0.05) is 25.1 Å². The number of carbonyl (C=O) groups excluding carboxylic acids is 2. The van der Waals surface area contributed by atoms with Crippen LogP contribution in [0.25, 0.3) is 0 Å². The lowest BCUT2D eigenvalue weighted by Gasteiger charge is -2.27. The molecule has 0 atom stereocenters. The fraction of sp³-hybridized carbons (Fsp3) is 0.543. The molecule has 0 N–H and O–H groups in total. The highest BCUT2D eigenvalue weighted by atomic mass is 32.2. The van der Waals surface area contributed by atoms with Gasteiger partial charge in [-0.05, 0) is 50.2 Å². The molecule has 4 rings (SSSR count). The van der Waals surface area contributed by atoms with Crippen LogP contribution in [0.4, 0.5) is 0 Å². The standard InChI is InChI=1S/C35H48N2O4S2/c1-7-13-20-36-33(38)29(34(39)37(36)21-14-8-2)35-42-31-28(40-26(9-3)10-4)23-25(22-24-18-16-15-17-19-24)30(32(31)43-35)41-27(11-5)12-6/h15-19,23,26-27H,7-14,20-22H2,1-6H3. The van der Waals surface area contributed by atoms with Crippen LogP contribution >= 0.6 is 23.5 Å². The Morgan fingerprint density at radius 3 is 1.79 bits per heavy atom. The third kappa shape index (κ3) is 7.56. The number of fused-ring (bicyclic) bond motifs is 1. The van der Waals surface area contributed by atoms with Gasteiger partial charge in [0.05, 0.1) is 26.2 Å². The van der Waals surface area contributed by atoms with Gasteiger partial charge in [-0.2, -0.15) is 0 Å². The van der Waals surface area contributed by atoms with Gasteiger partial charge in [-0.15, -0.1) is 0 Å². The van der Waals surface area contributed by atoms with E-state index in [0.29, 0.717) is 19.5 Å². The van der Waals surface area contributed by atoms with Crippen molar-refractivity contribution in [3.63, 3.8) is 0 Å². The van der Waals surface area contributed by atoms with E-state index < -0.39 is 0 Å². The van der Waals surface area contributed by atoms with Crippen molar-refractivity contribution < 1.29 is 19.1 Å². The molecule has 1 saturated heterocycles. The highest BCUT2D eigenvalue weighted by molar-refractivity contribution is 8.25. The Bertz CT molecular complexity index is 1260. The lowest BCUT2D eigenvalue weighted by Crippen LogP contribution is -2.42. The molecule has 0 radical (unpaired) electrons. The summed E-state index contributed by atoms with van der Waals surface area (Å²) in [6.07, 6.45) is 8.04. The fourth-order valence-corrected chi connectivity index (χ4v) is 8.07.